The molecular weight excluding hydrogens is 450 g/mol. The zero-order valence-corrected chi connectivity index (χ0v) is 20.6. The van der Waals surface area contributed by atoms with Crippen LogP contribution in [-0.2, 0) is 14.3 Å². The van der Waals surface area contributed by atoms with Gasteiger partial charge < -0.3 is 14.8 Å². The number of amides is 1. The summed E-state index contributed by atoms with van der Waals surface area (Å²) in [7, 11) is 0. The predicted octanol–water partition coefficient (Wildman–Crippen LogP) is 3.75. The lowest BCUT2D eigenvalue weighted by atomic mass is 9.96. The van der Waals surface area contributed by atoms with E-state index in [0.29, 0.717) is 19.3 Å². The minimum Gasteiger partial charge on any atom is -0.378 e. The number of ether oxygens (including phenoxy) is 2. The Labute approximate surface area is 208 Å². The maximum Gasteiger partial charge on any atom is 0.245 e. The number of rotatable bonds is 11. The van der Waals surface area contributed by atoms with Gasteiger partial charge in [0.25, 0.3) is 0 Å². The first-order chi connectivity index (χ1) is 16.7. The molecule has 2 aromatic carbocycles. The number of carbonyl (C=O) groups excluding carboxylic acids is 1. The van der Waals surface area contributed by atoms with Crippen LogP contribution in [-0.4, -0.2) is 80.9 Å². The highest BCUT2D eigenvalue weighted by atomic mass is 35.5. The van der Waals surface area contributed by atoms with Crippen molar-refractivity contribution < 1.29 is 14.3 Å². The van der Waals surface area contributed by atoms with E-state index in [1.54, 1.807) is 0 Å². The van der Waals surface area contributed by atoms with Gasteiger partial charge in [-0.1, -0.05) is 54.1 Å². The fourth-order valence-corrected chi connectivity index (χ4v) is 4.92. The third-order valence-corrected chi connectivity index (χ3v) is 6.92. The van der Waals surface area contributed by atoms with Crippen LogP contribution in [0.5, 0.6) is 0 Å². The molecule has 2 saturated heterocycles. The first-order valence-electron chi connectivity index (χ1n) is 12.4. The van der Waals surface area contributed by atoms with Crippen LogP contribution in [0, 0.1) is 0 Å². The molecule has 1 amide bonds. The summed E-state index contributed by atoms with van der Waals surface area (Å²) >= 11 is 6.14. The highest BCUT2D eigenvalue weighted by Gasteiger charge is 2.26. The first kappa shape index (κ1) is 25.1. The minimum atomic E-state index is -0.0449. The summed E-state index contributed by atoms with van der Waals surface area (Å²) in [6, 6.07) is 19.1. The SMILES string of the molecule is O=C(COCCN1CCN(C(c2ccccc2)c2ccc(Cl)cc2)CC1)NCCC1CCCO1. The molecule has 2 aliphatic heterocycles. The van der Waals surface area contributed by atoms with Crippen molar-refractivity contribution in [1.82, 2.24) is 15.1 Å². The average molecular weight is 486 g/mol. The number of nitrogens with one attached hydrogen (secondary N) is 1. The number of halogens is 1. The molecule has 34 heavy (non-hydrogen) atoms. The highest BCUT2D eigenvalue weighted by molar-refractivity contribution is 6.30. The third kappa shape index (κ3) is 7.52. The van der Waals surface area contributed by atoms with Gasteiger partial charge in [-0.25, -0.2) is 0 Å². The van der Waals surface area contributed by atoms with Crippen molar-refractivity contribution >= 4 is 17.5 Å². The molecule has 0 bridgehead atoms. The molecule has 0 spiro atoms. The van der Waals surface area contributed by atoms with E-state index in [1.807, 2.05) is 12.1 Å². The summed E-state index contributed by atoms with van der Waals surface area (Å²) in [5, 5.41) is 3.69. The van der Waals surface area contributed by atoms with Crippen molar-refractivity contribution in [3.8, 4) is 0 Å². The maximum atomic E-state index is 12.0. The number of hydrogen-bond acceptors (Lipinski definition) is 5. The minimum absolute atomic E-state index is 0.0449. The standard InChI is InChI=1S/C27H36ClN3O3/c28-24-10-8-23(9-11-24)27(22-5-2-1-3-6-22)31-16-14-30(15-17-31)18-20-33-21-26(32)29-13-12-25-7-4-19-34-25/h1-3,5-6,8-11,25,27H,4,7,12-21H2,(H,29,32). The van der Waals surface area contributed by atoms with Crippen LogP contribution in [0.4, 0.5) is 0 Å². The van der Waals surface area contributed by atoms with Gasteiger partial charge in [0.2, 0.25) is 5.91 Å². The van der Waals surface area contributed by atoms with Gasteiger partial charge in [-0.15, -0.1) is 0 Å². The molecule has 0 aromatic heterocycles. The Morgan fingerprint density at radius 1 is 1.06 bits per heavy atom. The highest BCUT2D eigenvalue weighted by Crippen LogP contribution is 2.30. The summed E-state index contributed by atoms with van der Waals surface area (Å²) in [6.45, 7) is 6.96. The molecule has 4 rings (SSSR count). The van der Waals surface area contributed by atoms with Gasteiger partial charge in [-0.3, -0.25) is 14.6 Å². The fourth-order valence-electron chi connectivity index (χ4n) is 4.79. The number of hydrogen-bond donors (Lipinski definition) is 1. The Balaban J connectivity index is 1.17. The number of carbonyl (C=O) groups is 1. The van der Waals surface area contributed by atoms with E-state index in [9.17, 15) is 4.79 Å². The van der Waals surface area contributed by atoms with Crippen molar-refractivity contribution in [3.05, 3.63) is 70.7 Å². The number of benzene rings is 2. The Bertz CT molecular complexity index is 866. The Kier molecular flexibility index (Phi) is 9.77. The van der Waals surface area contributed by atoms with Gasteiger partial charge >= 0.3 is 0 Å². The van der Waals surface area contributed by atoms with Gasteiger partial charge in [-0.05, 0) is 42.5 Å². The van der Waals surface area contributed by atoms with Crippen LogP contribution in [0.1, 0.15) is 36.4 Å². The summed E-state index contributed by atoms with van der Waals surface area (Å²) in [4.78, 5) is 16.9. The second-order valence-electron chi connectivity index (χ2n) is 9.07. The van der Waals surface area contributed by atoms with Crippen LogP contribution in [0.3, 0.4) is 0 Å². The molecule has 2 fully saturated rings. The second-order valence-corrected chi connectivity index (χ2v) is 9.51. The summed E-state index contributed by atoms with van der Waals surface area (Å²) in [5.41, 5.74) is 2.56. The van der Waals surface area contributed by atoms with E-state index in [1.165, 1.54) is 11.1 Å². The van der Waals surface area contributed by atoms with Gasteiger partial charge in [-0.2, -0.15) is 0 Å². The molecular formula is C27H36ClN3O3. The van der Waals surface area contributed by atoms with Crippen LogP contribution >= 0.6 is 11.6 Å². The van der Waals surface area contributed by atoms with E-state index in [4.69, 9.17) is 21.1 Å². The Morgan fingerprint density at radius 3 is 2.50 bits per heavy atom. The van der Waals surface area contributed by atoms with Crippen molar-refractivity contribution in [3.63, 3.8) is 0 Å². The summed E-state index contributed by atoms with van der Waals surface area (Å²) < 4.78 is 11.2. The van der Waals surface area contributed by atoms with E-state index < -0.39 is 0 Å². The molecule has 0 aliphatic carbocycles. The maximum absolute atomic E-state index is 12.0. The quantitative estimate of drug-likeness (QED) is 0.491. The zero-order valence-electron chi connectivity index (χ0n) is 19.8. The molecule has 2 atom stereocenters. The van der Waals surface area contributed by atoms with E-state index in [-0.39, 0.29) is 18.6 Å². The van der Waals surface area contributed by atoms with Gasteiger partial charge in [0.05, 0.1) is 18.8 Å². The molecule has 2 aromatic rings. The van der Waals surface area contributed by atoms with Crippen molar-refractivity contribution in [1.29, 1.82) is 0 Å². The Morgan fingerprint density at radius 2 is 1.79 bits per heavy atom. The Hall–Kier alpha value is -1.96. The van der Waals surface area contributed by atoms with Crippen LogP contribution in [0.2, 0.25) is 5.02 Å². The van der Waals surface area contributed by atoms with Crippen molar-refractivity contribution in [2.75, 3.05) is 59.1 Å². The van der Waals surface area contributed by atoms with Gasteiger partial charge in [0.15, 0.2) is 0 Å². The van der Waals surface area contributed by atoms with Crippen molar-refractivity contribution in [2.24, 2.45) is 0 Å². The van der Waals surface area contributed by atoms with Crippen LogP contribution in [0.25, 0.3) is 0 Å². The fraction of sp³-hybridized carbons (Fsp3) is 0.519. The molecule has 2 heterocycles. The molecule has 184 valence electrons. The number of nitrogens with zero attached hydrogens (tertiary/aromatic N) is 2. The molecule has 2 aliphatic rings. The van der Waals surface area contributed by atoms with Gasteiger partial charge in [0.1, 0.15) is 6.61 Å². The van der Waals surface area contributed by atoms with E-state index >= 15 is 0 Å². The van der Waals surface area contributed by atoms with E-state index in [0.717, 1.165) is 63.6 Å². The summed E-state index contributed by atoms with van der Waals surface area (Å²) in [6.07, 6.45) is 3.42. The predicted molar refractivity (Wildman–Crippen MR) is 135 cm³/mol. The molecule has 0 saturated carbocycles. The van der Waals surface area contributed by atoms with Gasteiger partial charge in [0, 0.05) is 50.9 Å². The topological polar surface area (TPSA) is 54.0 Å². The third-order valence-electron chi connectivity index (χ3n) is 6.67. The summed E-state index contributed by atoms with van der Waals surface area (Å²) in [5.74, 6) is -0.0449. The second kappa shape index (κ2) is 13.2. The molecule has 7 heteroatoms. The van der Waals surface area contributed by atoms with Crippen LogP contribution in [0.15, 0.2) is 54.6 Å². The smallest absolute Gasteiger partial charge is 0.245 e. The molecule has 1 N–H and O–H groups in total. The average Bonchev–Trinajstić information content (AvgIpc) is 3.38. The molecule has 6 nitrogen and oxygen atoms in total. The normalized spacial score (nSPS) is 20.3. The molecule has 2 unspecified atom stereocenters. The van der Waals surface area contributed by atoms with E-state index in [2.05, 4.69) is 57.6 Å². The lowest BCUT2D eigenvalue weighted by Gasteiger charge is -2.39. The molecule has 0 radical (unpaired) electrons. The lowest BCUT2D eigenvalue weighted by Crippen LogP contribution is -2.48. The number of piperazine rings is 1. The van der Waals surface area contributed by atoms with Crippen LogP contribution < -0.4 is 5.32 Å². The largest absolute Gasteiger partial charge is 0.378 e. The lowest BCUT2D eigenvalue weighted by molar-refractivity contribution is -0.125. The monoisotopic (exact) mass is 485 g/mol. The zero-order chi connectivity index (χ0) is 23.6. The first-order valence-corrected chi connectivity index (χ1v) is 12.8. The van der Waals surface area contributed by atoms with Crippen molar-refractivity contribution in [2.45, 2.75) is 31.4 Å².